The zero-order chi connectivity index (χ0) is 26.2. The van der Waals surface area contributed by atoms with Crippen LogP contribution in [0.2, 0.25) is 10.0 Å². The second-order valence-electron chi connectivity index (χ2n) is 8.59. The molecule has 0 spiro atoms. The summed E-state index contributed by atoms with van der Waals surface area (Å²) in [4.78, 5) is 13.5. The van der Waals surface area contributed by atoms with Crippen molar-refractivity contribution in [2.45, 2.75) is 36.7 Å². The highest BCUT2D eigenvalue weighted by molar-refractivity contribution is 6.35. The number of hydrogen-bond acceptors (Lipinski definition) is 8. The van der Waals surface area contributed by atoms with Crippen molar-refractivity contribution < 1.29 is 39.8 Å². The summed E-state index contributed by atoms with van der Waals surface area (Å²) in [6.07, 6.45) is -5.19. The van der Waals surface area contributed by atoms with Gasteiger partial charge < -0.3 is 44.9 Å². The van der Waals surface area contributed by atoms with E-state index >= 15 is 0 Å². The lowest BCUT2D eigenvalue weighted by Crippen LogP contribution is -2.74. The number of ether oxygens (including phenoxy) is 2. The van der Waals surface area contributed by atoms with Crippen LogP contribution in [-0.4, -0.2) is 86.5 Å². The quantitative estimate of drug-likeness (QED) is 0.258. The van der Waals surface area contributed by atoms with Crippen LogP contribution < -0.4 is 10.1 Å². The van der Waals surface area contributed by atoms with Crippen LogP contribution in [0.25, 0.3) is 10.9 Å². The lowest BCUT2D eigenvalue weighted by Gasteiger charge is -2.48. The zero-order valence-corrected chi connectivity index (χ0v) is 20.6. The summed E-state index contributed by atoms with van der Waals surface area (Å²) in [5.41, 5.74) is -0.613. The molecule has 6 N–H and O–H groups in total. The van der Waals surface area contributed by atoms with Gasteiger partial charge in [0.05, 0.1) is 25.9 Å². The molecular formula is C24H26Cl2N2O8. The molecule has 194 valence electrons. The van der Waals surface area contributed by atoms with Crippen molar-refractivity contribution in [3.8, 4) is 5.75 Å². The lowest BCUT2D eigenvalue weighted by molar-refractivity contribution is -0.288. The van der Waals surface area contributed by atoms with E-state index in [1.807, 2.05) is 0 Å². The van der Waals surface area contributed by atoms with E-state index in [2.05, 4.69) is 5.32 Å². The molecule has 2 aromatic carbocycles. The molecule has 0 bridgehead atoms. The van der Waals surface area contributed by atoms with E-state index in [4.69, 9.17) is 32.7 Å². The normalized spacial score (nSPS) is 26.2. The predicted molar refractivity (Wildman–Crippen MR) is 131 cm³/mol. The largest absolute Gasteiger partial charge is 0.497 e. The minimum absolute atomic E-state index is 0.139. The van der Waals surface area contributed by atoms with Crippen molar-refractivity contribution >= 4 is 40.0 Å². The van der Waals surface area contributed by atoms with Gasteiger partial charge in [-0.05, 0) is 35.9 Å². The third kappa shape index (κ3) is 4.67. The van der Waals surface area contributed by atoms with Crippen LogP contribution >= 0.6 is 23.2 Å². The van der Waals surface area contributed by atoms with Crippen LogP contribution in [0.1, 0.15) is 15.9 Å². The van der Waals surface area contributed by atoms with Crippen molar-refractivity contribution in [1.29, 1.82) is 0 Å². The smallest absolute Gasteiger partial charge is 0.254 e. The molecule has 3 aromatic rings. The Bertz CT molecular complexity index is 1270. The molecule has 1 aromatic heterocycles. The third-order valence-corrected chi connectivity index (χ3v) is 7.04. The summed E-state index contributed by atoms with van der Waals surface area (Å²) in [6, 6.07) is 10.2. The van der Waals surface area contributed by atoms with E-state index in [0.29, 0.717) is 33.2 Å². The number of halogens is 2. The number of rotatable bonds is 7. The van der Waals surface area contributed by atoms with Crippen molar-refractivity contribution in [3.05, 3.63) is 63.8 Å². The highest BCUT2D eigenvalue weighted by Crippen LogP contribution is 2.32. The van der Waals surface area contributed by atoms with Crippen LogP contribution in [0.3, 0.4) is 0 Å². The van der Waals surface area contributed by atoms with Crippen LogP contribution in [0.15, 0.2) is 42.6 Å². The maximum absolute atomic E-state index is 13.5. The highest BCUT2D eigenvalue weighted by Gasteiger charge is 2.56. The minimum atomic E-state index is -2.16. The Hall–Kier alpha value is -2.41. The second-order valence-corrected chi connectivity index (χ2v) is 9.43. The molecular weight excluding hydrogens is 515 g/mol. The number of nitrogens with zero attached hydrogens (tertiary/aromatic N) is 1. The molecule has 0 aliphatic carbocycles. The van der Waals surface area contributed by atoms with Gasteiger partial charge in [-0.3, -0.25) is 4.79 Å². The van der Waals surface area contributed by atoms with Gasteiger partial charge in [0, 0.05) is 33.7 Å². The Kier molecular flexibility index (Phi) is 7.79. The predicted octanol–water partition coefficient (Wildman–Crippen LogP) is 0.897. The van der Waals surface area contributed by atoms with Crippen LogP contribution in [0.4, 0.5) is 0 Å². The Morgan fingerprint density at radius 1 is 1.17 bits per heavy atom. The molecule has 1 aliphatic heterocycles. The molecule has 2 heterocycles. The maximum Gasteiger partial charge on any atom is 0.254 e. The van der Waals surface area contributed by atoms with Crippen LogP contribution in [-0.2, 0) is 11.3 Å². The maximum atomic E-state index is 13.5. The fourth-order valence-electron chi connectivity index (χ4n) is 4.35. The van der Waals surface area contributed by atoms with Crippen molar-refractivity contribution in [2.75, 3.05) is 20.3 Å². The van der Waals surface area contributed by atoms with Crippen LogP contribution in [0.5, 0.6) is 5.75 Å². The lowest BCUT2D eigenvalue weighted by atomic mass is 9.83. The average molecular weight is 541 g/mol. The molecule has 1 aliphatic rings. The number of benzene rings is 2. The third-order valence-electron chi connectivity index (χ3n) is 6.45. The first-order valence-electron chi connectivity index (χ1n) is 11.0. The van der Waals surface area contributed by atoms with Crippen molar-refractivity contribution in [1.82, 2.24) is 9.88 Å². The molecule has 1 saturated heterocycles. The molecule has 4 rings (SSSR count). The molecule has 0 saturated carbocycles. The van der Waals surface area contributed by atoms with E-state index in [-0.39, 0.29) is 5.56 Å². The van der Waals surface area contributed by atoms with Crippen molar-refractivity contribution in [3.63, 3.8) is 0 Å². The van der Waals surface area contributed by atoms with Gasteiger partial charge in [0.1, 0.15) is 29.6 Å². The molecule has 1 unspecified atom stereocenters. The summed E-state index contributed by atoms with van der Waals surface area (Å²) in [6.45, 7) is -1.35. The number of carbonyl (C=O) groups is 1. The topological polar surface area (TPSA) is 154 Å². The van der Waals surface area contributed by atoms with Crippen molar-refractivity contribution in [2.24, 2.45) is 0 Å². The molecule has 10 nitrogen and oxygen atoms in total. The van der Waals surface area contributed by atoms with Gasteiger partial charge in [-0.1, -0.05) is 29.3 Å². The first kappa shape index (κ1) is 26.6. The fourth-order valence-corrected chi connectivity index (χ4v) is 4.81. The summed E-state index contributed by atoms with van der Waals surface area (Å²) in [7, 11) is 1.48. The molecule has 5 atom stereocenters. The summed E-state index contributed by atoms with van der Waals surface area (Å²) < 4.78 is 12.3. The molecule has 12 heteroatoms. The average Bonchev–Trinajstić information content (AvgIpc) is 3.23. The first-order chi connectivity index (χ1) is 17.1. The van der Waals surface area contributed by atoms with E-state index in [9.17, 15) is 30.3 Å². The SMILES string of the molecule is COc1ccc2c(c1)c(C(=O)N[C@@]1(CO)C(O)O[C@H](CO)[C@@H](O)[C@@H]1O)cn2Cc1ccc(Cl)cc1Cl. The molecule has 1 fully saturated rings. The van der Waals surface area contributed by atoms with Gasteiger partial charge in [0.2, 0.25) is 0 Å². The number of aromatic nitrogens is 1. The Balaban J connectivity index is 1.74. The zero-order valence-electron chi connectivity index (χ0n) is 19.1. The Labute approximate surface area is 216 Å². The van der Waals surface area contributed by atoms with Gasteiger partial charge in [-0.2, -0.15) is 0 Å². The van der Waals surface area contributed by atoms with Gasteiger partial charge in [0.15, 0.2) is 6.29 Å². The Morgan fingerprint density at radius 2 is 1.92 bits per heavy atom. The number of carbonyl (C=O) groups excluding carboxylic acids is 1. The Morgan fingerprint density at radius 3 is 2.56 bits per heavy atom. The monoisotopic (exact) mass is 540 g/mol. The number of hydrogen-bond donors (Lipinski definition) is 6. The van der Waals surface area contributed by atoms with Gasteiger partial charge in [-0.25, -0.2) is 0 Å². The first-order valence-corrected chi connectivity index (χ1v) is 11.8. The number of aliphatic hydroxyl groups is 5. The number of amides is 1. The molecule has 0 radical (unpaired) electrons. The summed E-state index contributed by atoms with van der Waals surface area (Å²) >= 11 is 12.4. The van der Waals surface area contributed by atoms with E-state index in [0.717, 1.165) is 5.56 Å². The number of aliphatic hydroxyl groups excluding tert-OH is 5. The molecule has 36 heavy (non-hydrogen) atoms. The van der Waals surface area contributed by atoms with Gasteiger partial charge in [-0.15, -0.1) is 0 Å². The van der Waals surface area contributed by atoms with E-state index in [1.165, 1.54) is 7.11 Å². The number of methoxy groups -OCH3 is 1. The van der Waals surface area contributed by atoms with E-state index in [1.54, 1.807) is 47.2 Å². The van der Waals surface area contributed by atoms with Crippen LogP contribution in [0, 0.1) is 0 Å². The summed E-state index contributed by atoms with van der Waals surface area (Å²) in [5, 5.41) is 54.8. The highest BCUT2D eigenvalue weighted by atomic mass is 35.5. The second kappa shape index (κ2) is 10.5. The number of nitrogens with one attached hydrogen (secondary N) is 1. The molecule has 1 amide bonds. The van der Waals surface area contributed by atoms with Gasteiger partial charge in [0.25, 0.3) is 5.91 Å². The summed E-state index contributed by atoms with van der Waals surface area (Å²) in [5.74, 6) is -0.280. The van der Waals surface area contributed by atoms with E-state index < -0.39 is 49.3 Å². The van der Waals surface area contributed by atoms with Gasteiger partial charge >= 0.3 is 0 Å². The fraction of sp³-hybridized carbons (Fsp3) is 0.375. The standard InChI is InChI=1S/C24H26Cl2N2O8/c1-35-14-4-5-18-15(7-14)16(9-28(18)8-12-2-3-13(25)6-17(12)26)22(33)27-24(11-30)21(32)20(31)19(10-29)36-23(24)34/h2-7,9,19-21,23,29-32,34H,8,10-11H2,1H3,(H,27,33)/t19-,20-,21+,23?,24-/m1/s1. The minimum Gasteiger partial charge on any atom is -0.497 e. The number of fused-ring (bicyclic) bond motifs is 1.